The van der Waals surface area contributed by atoms with E-state index in [1.54, 1.807) is 12.3 Å². The Morgan fingerprint density at radius 2 is 2.14 bits per heavy atom. The molecule has 0 saturated heterocycles. The van der Waals surface area contributed by atoms with Gasteiger partial charge in [-0.05, 0) is 17.5 Å². The maximum atomic E-state index is 11.3. The molecule has 1 aromatic carbocycles. The highest BCUT2D eigenvalue weighted by Gasteiger charge is 2.24. The number of hydrogen-bond acceptors (Lipinski definition) is 4. The second kappa shape index (κ2) is 6.61. The topological polar surface area (TPSA) is 124 Å². The van der Waals surface area contributed by atoms with Crippen molar-refractivity contribution < 1.29 is 24.9 Å². The summed E-state index contributed by atoms with van der Waals surface area (Å²) in [5, 5.41) is 35.2. The molecular weight excluding hydrogens is 287 g/mol. The Labute approximate surface area is 127 Å². The summed E-state index contributed by atoms with van der Waals surface area (Å²) in [6, 6.07) is 1.77. The molecule has 8 heteroatoms. The monoisotopic (exact) mass is 303 g/mol. The van der Waals surface area contributed by atoms with Gasteiger partial charge in [0.2, 0.25) is 0 Å². The van der Waals surface area contributed by atoms with Crippen LogP contribution in [0.1, 0.15) is 17.5 Å². The number of fused-ring (bicyclic) bond motifs is 1. The van der Waals surface area contributed by atoms with Crippen LogP contribution in [-0.4, -0.2) is 44.7 Å². The third-order valence-corrected chi connectivity index (χ3v) is 3.68. The van der Waals surface area contributed by atoms with E-state index in [2.05, 4.69) is 10.2 Å². The van der Waals surface area contributed by atoms with Gasteiger partial charge in [0.25, 0.3) is 0 Å². The summed E-state index contributed by atoms with van der Waals surface area (Å²) in [5.74, 6) is -3.37. The van der Waals surface area contributed by atoms with Gasteiger partial charge in [0.15, 0.2) is 7.28 Å². The Bertz CT molecular complexity index is 713. The Morgan fingerprint density at radius 3 is 2.68 bits per heavy atom. The van der Waals surface area contributed by atoms with Gasteiger partial charge >= 0.3 is 11.9 Å². The van der Waals surface area contributed by atoms with Gasteiger partial charge in [0.1, 0.15) is 0 Å². The lowest BCUT2D eigenvalue weighted by Crippen LogP contribution is -2.22. The first-order valence-electron chi connectivity index (χ1n) is 6.80. The lowest BCUT2D eigenvalue weighted by molar-refractivity contribution is -0.148. The van der Waals surface area contributed by atoms with E-state index in [1.165, 1.54) is 0 Å². The van der Waals surface area contributed by atoms with Crippen LogP contribution in [0, 0.1) is 5.92 Å². The number of rotatable bonds is 7. The molecule has 0 spiro atoms. The molecule has 0 amide bonds. The predicted molar refractivity (Wildman–Crippen MR) is 80.4 cm³/mol. The number of carboxylic acids is 2. The fourth-order valence-electron chi connectivity index (χ4n) is 2.57. The van der Waals surface area contributed by atoms with Crippen molar-refractivity contribution >= 4 is 35.6 Å². The van der Waals surface area contributed by atoms with E-state index >= 15 is 0 Å². The molecule has 0 saturated carbocycles. The Kier molecular flexibility index (Phi) is 4.82. The molecule has 115 valence electrons. The number of carboxylic acid groups (broad SMARTS) is 2. The van der Waals surface area contributed by atoms with Crippen molar-refractivity contribution in [1.29, 1.82) is 0 Å². The standard InChI is InChI=1S/C14H16BN2O5/c1-15-11-3-7(2-8(14(21)22)4-12(19)20)10(6-18)9-5-16-17-13(9)11/h3,5,8,18H,2,4,6H2,1H3,(H,16,17)(H,19,20)(H,21,22)/t8-/m0/s1. The Hall–Kier alpha value is -2.35. The third kappa shape index (κ3) is 3.11. The molecule has 0 aliphatic carbocycles. The van der Waals surface area contributed by atoms with Crippen LogP contribution in [0.15, 0.2) is 12.3 Å². The number of aromatic amines is 1. The molecule has 0 unspecified atom stereocenters. The molecule has 1 heterocycles. The van der Waals surface area contributed by atoms with Gasteiger partial charge < -0.3 is 15.3 Å². The van der Waals surface area contributed by atoms with Crippen molar-refractivity contribution in [3.8, 4) is 0 Å². The molecule has 0 aliphatic heterocycles. The average Bonchev–Trinajstić information content (AvgIpc) is 2.94. The molecule has 0 aliphatic rings. The molecule has 2 rings (SSSR count). The number of aliphatic carboxylic acids is 2. The number of aliphatic hydroxyl groups excluding tert-OH is 1. The van der Waals surface area contributed by atoms with Gasteiger partial charge in [0, 0.05) is 5.39 Å². The van der Waals surface area contributed by atoms with E-state index in [0.29, 0.717) is 16.5 Å². The first kappa shape index (κ1) is 16.0. The van der Waals surface area contributed by atoms with E-state index in [9.17, 15) is 19.8 Å². The molecule has 2 aromatic rings. The van der Waals surface area contributed by atoms with Crippen molar-refractivity contribution in [1.82, 2.24) is 10.2 Å². The van der Waals surface area contributed by atoms with Crippen LogP contribution in [0.4, 0.5) is 0 Å². The zero-order valence-electron chi connectivity index (χ0n) is 12.0. The van der Waals surface area contributed by atoms with E-state index in [-0.39, 0.29) is 13.0 Å². The second-order valence-corrected chi connectivity index (χ2v) is 5.05. The fraction of sp³-hybridized carbons (Fsp3) is 0.357. The number of aromatic nitrogens is 2. The summed E-state index contributed by atoms with van der Waals surface area (Å²) < 4.78 is 0. The van der Waals surface area contributed by atoms with Gasteiger partial charge in [-0.15, -0.1) is 0 Å². The van der Waals surface area contributed by atoms with E-state index in [0.717, 1.165) is 11.0 Å². The number of aliphatic hydroxyl groups is 1. The minimum atomic E-state index is -1.17. The second-order valence-electron chi connectivity index (χ2n) is 5.05. The van der Waals surface area contributed by atoms with Crippen LogP contribution in [0.2, 0.25) is 6.82 Å². The maximum Gasteiger partial charge on any atom is 0.307 e. The Balaban J connectivity index is 2.48. The third-order valence-electron chi connectivity index (χ3n) is 3.68. The number of hydrogen-bond donors (Lipinski definition) is 4. The van der Waals surface area contributed by atoms with E-state index < -0.39 is 24.3 Å². The summed E-state index contributed by atoms with van der Waals surface area (Å²) in [5.41, 5.74) is 2.80. The molecule has 7 nitrogen and oxygen atoms in total. The number of H-pyrrole nitrogens is 1. The highest BCUT2D eigenvalue weighted by atomic mass is 16.4. The van der Waals surface area contributed by atoms with Crippen LogP contribution < -0.4 is 5.46 Å². The first-order valence-corrected chi connectivity index (χ1v) is 6.80. The van der Waals surface area contributed by atoms with Gasteiger partial charge in [-0.2, -0.15) is 5.10 Å². The fourth-order valence-corrected chi connectivity index (χ4v) is 2.57. The van der Waals surface area contributed by atoms with Crippen LogP contribution >= 0.6 is 0 Å². The zero-order chi connectivity index (χ0) is 16.3. The first-order chi connectivity index (χ1) is 10.5. The summed E-state index contributed by atoms with van der Waals surface area (Å²) in [4.78, 5) is 22.1. The van der Waals surface area contributed by atoms with Crippen LogP contribution in [0.25, 0.3) is 10.9 Å². The van der Waals surface area contributed by atoms with Gasteiger partial charge in [-0.25, -0.2) is 0 Å². The number of benzene rings is 1. The van der Waals surface area contributed by atoms with Gasteiger partial charge in [-0.1, -0.05) is 18.4 Å². The van der Waals surface area contributed by atoms with Crippen LogP contribution in [0.3, 0.4) is 0 Å². The summed E-state index contributed by atoms with van der Waals surface area (Å²) in [6.45, 7) is 1.57. The van der Waals surface area contributed by atoms with Gasteiger partial charge in [0.05, 0.1) is 30.7 Å². The average molecular weight is 303 g/mol. The quantitative estimate of drug-likeness (QED) is 0.540. The highest BCUT2D eigenvalue weighted by molar-refractivity contribution is 6.55. The van der Waals surface area contributed by atoms with Crippen LogP contribution in [0.5, 0.6) is 0 Å². The Morgan fingerprint density at radius 1 is 1.41 bits per heavy atom. The normalized spacial score (nSPS) is 12.3. The molecule has 1 atom stereocenters. The highest BCUT2D eigenvalue weighted by Crippen LogP contribution is 2.23. The molecule has 0 fully saturated rings. The number of nitrogens with one attached hydrogen (secondary N) is 1. The van der Waals surface area contributed by atoms with Crippen molar-refractivity contribution in [2.75, 3.05) is 0 Å². The van der Waals surface area contributed by atoms with E-state index in [1.807, 2.05) is 14.1 Å². The van der Waals surface area contributed by atoms with Gasteiger partial charge in [-0.3, -0.25) is 14.7 Å². The van der Waals surface area contributed by atoms with Crippen molar-refractivity contribution in [2.45, 2.75) is 26.3 Å². The molecular formula is C14H16BN2O5. The smallest absolute Gasteiger partial charge is 0.307 e. The van der Waals surface area contributed by atoms with Crippen molar-refractivity contribution in [3.05, 3.63) is 23.4 Å². The summed E-state index contributed by atoms with van der Waals surface area (Å²) >= 11 is 0. The largest absolute Gasteiger partial charge is 0.481 e. The number of carbonyl (C=O) groups is 2. The van der Waals surface area contributed by atoms with Crippen molar-refractivity contribution in [2.24, 2.45) is 5.92 Å². The minimum Gasteiger partial charge on any atom is -0.481 e. The van der Waals surface area contributed by atoms with E-state index in [4.69, 9.17) is 5.11 Å². The SMILES string of the molecule is C[B]c1cc(C[C@@H](CC(=O)O)C(=O)O)c(CO)c2cn[nH]c12. The molecule has 1 radical (unpaired) electrons. The summed E-state index contributed by atoms with van der Waals surface area (Å²) in [7, 11) is 1.85. The molecule has 22 heavy (non-hydrogen) atoms. The minimum absolute atomic E-state index is 0.0412. The summed E-state index contributed by atoms with van der Waals surface area (Å²) in [6.07, 6.45) is 1.15. The molecule has 4 N–H and O–H groups in total. The maximum absolute atomic E-state index is 11.3. The molecule has 1 aromatic heterocycles. The lowest BCUT2D eigenvalue weighted by atomic mass is 9.71. The number of nitrogens with zero attached hydrogens (tertiary/aromatic N) is 1. The van der Waals surface area contributed by atoms with Crippen LogP contribution in [-0.2, 0) is 22.6 Å². The molecule has 0 bridgehead atoms. The zero-order valence-corrected chi connectivity index (χ0v) is 12.0. The predicted octanol–water partition coefficient (Wildman–Crippen LogP) is 0.151. The van der Waals surface area contributed by atoms with Crippen molar-refractivity contribution in [3.63, 3.8) is 0 Å². The lowest BCUT2D eigenvalue weighted by Gasteiger charge is -2.15.